The molecule has 1 aliphatic heterocycles. The van der Waals surface area contributed by atoms with Crippen molar-refractivity contribution in [3.63, 3.8) is 0 Å². The average molecular weight is 564 g/mol. The normalized spacial score (nSPS) is 17.5. The molecule has 0 radical (unpaired) electrons. The number of nitrogens with zero attached hydrogens (tertiary/aromatic N) is 2. The molecule has 1 saturated heterocycles. The van der Waals surface area contributed by atoms with Gasteiger partial charge in [-0.15, -0.1) is 0 Å². The van der Waals surface area contributed by atoms with Crippen LogP contribution >= 0.6 is 0 Å². The smallest absolute Gasteiger partial charge is 0.311 e. The van der Waals surface area contributed by atoms with Crippen molar-refractivity contribution in [3.8, 4) is 0 Å². The summed E-state index contributed by atoms with van der Waals surface area (Å²) in [7, 11) is 4.08. The number of nitrogens with one attached hydrogen (secondary N) is 1. The van der Waals surface area contributed by atoms with Gasteiger partial charge in [-0.25, -0.2) is 0 Å². The quantitative estimate of drug-likeness (QED) is 0.102. The highest BCUT2D eigenvalue weighted by molar-refractivity contribution is 5.84. The zero-order chi connectivity index (χ0) is 30.0. The van der Waals surface area contributed by atoms with E-state index in [9.17, 15) is 9.59 Å². The molecule has 1 amide bonds. The lowest BCUT2D eigenvalue weighted by atomic mass is 9.68. The molecule has 1 aliphatic rings. The third-order valence-corrected chi connectivity index (χ3v) is 8.95. The van der Waals surface area contributed by atoms with Crippen LogP contribution in [0.3, 0.4) is 0 Å². The first-order valence-electron chi connectivity index (χ1n) is 16.5. The van der Waals surface area contributed by atoms with E-state index < -0.39 is 10.8 Å². The fourth-order valence-electron chi connectivity index (χ4n) is 6.24. The number of rotatable bonds is 23. The van der Waals surface area contributed by atoms with Crippen LogP contribution < -0.4 is 5.32 Å². The number of likely N-dealkylation sites (tertiary alicyclic amines) is 1. The van der Waals surface area contributed by atoms with Gasteiger partial charge >= 0.3 is 5.97 Å². The van der Waals surface area contributed by atoms with Crippen LogP contribution in [-0.4, -0.2) is 68.1 Å². The van der Waals surface area contributed by atoms with Gasteiger partial charge in [-0.3, -0.25) is 9.59 Å². The Hall–Kier alpha value is -1.56. The Kier molecular flexibility index (Phi) is 17.8. The number of ether oxygens (including phenoxy) is 1. The molecule has 0 saturated carbocycles. The van der Waals surface area contributed by atoms with Crippen molar-refractivity contribution in [2.24, 2.45) is 10.8 Å². The average Bonchev–Trinajstić information content (AvgIpc) is 3.35. The second kappa shape index (κ2) is 19.5. The van der Waals surface area contributed by atoms with Crippen molar-refractivity contribution in [3.05, 3.63) is 12.3 Å². The van der Waals surface area contributed by atoms with Crippen LogP contribution in [0.1, 0.15) is 137 Å². The molecule has 0 aromatic heterocycles. The Morgan fingerprint density at radius 2 is 1.57 bits per heavy atom. The van der Waals surface area contributed by atoms with E-state index in [1.54, 1.807) is 0 Å². The summed E-state index contributed by atoms with van der Waals surface area (Å²) in [5, 5.41) is 3.15. The van der Waals surface area contributed by atoms with E-state index in [0.717, 1.165) is 50.9 Å². The zero-order valence-electron chi connectivity index (χ0n) is 27.5. The van der Waals surface area contributed by atoms with Crippen LogP contribution in [0.5, 0.6) is 0 Å². The lowest BCUT2D eigenvalue weighted by Gasteiger charge is -2.40. The summed E-state index contributed by atoms with van der Waals surface area (Å²) in [5.74, 6) is -0.110. The molecule has 0 aromatic carbocycles. The Morgan fingerprint density at radius 3 is 2.10 bits per heavy atom. The lowest BCUT2D eigenvalue weighted by molar-refractivity contribution is -0.159. The molecule has 1 fully saturated rings. The fraction of sp³-hybridized carbons (Fsp3) is 0.882. The van der Waals surface area contributed by atoms with Crippen LogP contribution in [0.2, 0.25) is 0 Å². The maximum Gasteiger partial charge on any atom is 0.311 e. The van der Waals surface area contributed by atoms with Gasteiger partial charge in [0.1, 0.15) is 0 Å². The Morgan fingerprint density at radius 1 is 0.975 bits per heavy atom. The SMILES string of the molecule is C=C1CCCN1C(C)CC(C)(CC(C)(CC)C(=O)NCCCN(C)C)C(=O)OCCCCCCCCCCCC. The second-order valence-corrected chi connectivity index (χ2v) is 13.3. The largest absolute Gasteiger partial charge is 0.465 e. The predicted octanol–water partition coefficient (Wildman–Crippen LogP) is 7.72. The summed E-state index contributed by atoms with van der Waals surface area (Å²) in [6, 6.07) is 0.175. The van der Waals surface area contributed by atoms with Gasteiger partial charge in [0.15, 0.2) is 0 Å². The molecule has 0 aromatic rings. The number of esters is 1. The number of carbonyl (C=O) groups is 2. The van der Waals surface area contributed by atoms with Crippen LogP contribution in [0, 0.1) is 10.8 Å². The first-order chi connectivity index (χ1) is 19.0. The first-order valence-corrected chi connectivity index (χ1v) is 16.5. The summed E-state index contributed by atoms with van der Waals surface area (Å²) >= 11 is 0. The molecule has 3 unspecified atom stereocenters. The minimum atomic E-state index is -0.744. The highest BCUT2D eigenvalue weighted by Gasteiger charge is 2.46. The summed E-state index contributed by atoms with van der Waals surface area (Å²) < 4.78 is 5.95. The van der Waals surface area contributed by atoms with Crippen LogP contribution in [0.25, 0.3) is 0 Å². The number of unbranched alkanes of at least 4 members (excludes halogenated alkanes) is 9. The van der Waals surface area contributed by atoms with Crippen LogP contribution in [-0.2, 0) is 14.3 Å². The topological polar surface area (TPSA) is 61.9 Å². The number of hydrogen-bond acceptors (Lipinski definition) is 5. The Bertz CT molecular complexity index is 740. The van der Waals surface area contributed by atoms with Crippen molar-refractivity contribution >= 4 is 11.9 Å². The standard InChI is InChI=1S/C34H65N3O3/c1-9-11-12-13-14-15-16-17-18-19-26-40-32(39)34(6,27-30(4)37-25-20-22-29(37)3)28-33(5,10-2)31(38)35-23-21-24-36(7)8/h30H,3,9-28H2,1-2,4-8H3,(H,35,38). The molecule has 1 N–H and O–H groups in total. The van der Waals surface area contributed by atoms with Crippen molar-refractivity contribution in [2.75, 3.05) is 40.3 Å². The van der Waals surface area contributed by atoms with E-state index in [4.69, 9.17) is 4.74 Å². The van der Waals surface area contributed by atoms with E-state index in [-0.39, 0.29) is 17.9 Å². The highest BCUT2D eigenvalue weighted by Crippen LogP contribution is 2.42. The molecule has 1 heterocycles. The number of carbonyl (C=O) groups excluding carboxylic acids is 2. The summed E-state index contributed by atoms with van der Waals surface area (Å²) in [6.45, 7) is 17.8. The number of hydrogen-bond donors (Lipinski definition) is 1. The molecule has 3 atom stereocenters. The van der Waals surface area contributed by atoms with E-state index in [2.05, 4.69) is 42.5 Å². The van der Waals surface area contributed by atoms with Crippen molar-refractivity contribution in [1.82, 2.24) is 15.1 Å². The van der Waals surface area contributed by atoms with Crippen molar-refractivity contribution in [1.29, 1.82) is 0 Å². The predicted molar refractivity (Wildman–Crippen MR) is 169 cm³/mol. The first kappa shape index (κ1) is 36.5. The monoisotopic (exact) mass is 564 g/mol. The van der Waals surface area contributed by atoms with Gasteiger partial charge in [0, 0.05) is 30.2 Å². The molecular formula is C34H65N3O3. The van der Waals surface area contributed by atoms with Gasteiger partial charge < -0.3 is 19.9 Å². The highest BCUT2D eigenvalue weighted by atomic mass is 16.5. The molecule has 1 rings (SSSR count). The van der Waals surface area contributed by atoms with Gasteiger partial charge in [-0.2, -0.15) is 0 Å². The molecular weight excluding hydrogens is 498 g/mol. The number of allylic oxidation sites excluding steroid dienone is 1. The van der Waals surface area contributed by atoms with Crippen LogP contribution in [0.4, 0.5) is 0 Å². The zero-order valence-corrected chi connectivity index (χ0v) is 27.5. The second-order valence-electron chi connectivity index (χ2n) is 13.3. The van der Waals surface area contributed by atoms with Gasteiger partial charge in [-0.1, -0.05) is 85.1 Å². The lowest BCUT2D eigenvalue weighted by Crippen LogP contribution is -2.47. The van der Waals surface area contributed by atoms with E-state index in [1.807, 2.05) is 27.9 Å². The maximum atomic E-state index is 13.7. The molecule has 40 heavy (non-hydrogen) atoms. The van der Waals surface area contributed by atoms with Crippen LogP contribution in [0.15, 0.2) is 12.3 Å². The van der Waals surface area contributed by atoms with Gasteiger partial charge in [0.2, 0.25) is 5.91 Å². The molecule has 6 nitrogen and oxygen atoms in total. The van der Waals surface area contributed by atoms with E-state index in [0.29, 0.717) is 32.4 Å². The van der Waals surface area contributed by atoms with E-state index in [1.165, 1.54) is 51.4 Å². The van der Waals surface area contributed by atoms with Gasteiger partial charge in [0.05, 0.1) is 12.0 Å². The minimum Gasteiger partial charge on any atom is -0.465 e. The Balaban J connectivity index is 2.73. The third kappa shape index (κ3) is 13.4. The summed E-state index contributed by atoms with van der Waals surface area (Å²) in [4.78, 5) is 31.6. The van der Waals surface area contributed by atoms with Gasteiger partial charge in [0.25, 0.3) is 0 Å². The molecule has 0 aliphatic carbocycles. The molecule has 0 spiro atoms. The Labute approximate surface area is 248 Å². The summed E-state index contributed by atoms with van der Waals surface area (Å²) in [6.07, 6.45) is 17.4. The number of amides is 1. The summed E-state index contributed by atoms with van der Waals surface area (Å²) in [5.41, 5.74) is -0.220. The van der Waals surface area contributed by atoms with Crippen molar-refractivity contribution < 1.29 is 14.3 Å². The minimum absolute atomic E-state index is 0.0423. The van der Waals surface area contributed by atoms with Crippen molar-refractivity contribution in [2.45, 2.75) is 143 Å². The fourth-order valence-corrected chi connectivity index (χ4v) is 6.24. The maximum absolute atomic E-state index is 13.7. The molecule has 234 valence electrons. The van der Waals surface area contributed by atoms with Gasteiger partial charge in [-0.05, 0) is 79.4 Å². The molecule has 0 bridgehead atoms. The third-order valence-electron chi connectivity index (χ3n) is 8.95. The molecule has 6 heteroatoms. The van der Waals surface area contributed by atoms with E-state index >= 15 is 0 Å².